The summed E-state index contributed by atoms with van der Waals surface area (Å²) < 4.78 is 5.64. The zero-order valence-corrected chi connectivity index (χ0v) is 11.4. The zero-order chi connectivity index (χ0) is 13.0. The molecule has 0 spiro atoms. The van der Waals surface area contributed by atoms with Crippen LogP contribution in [0.25, 0.3) is 0 Å². The Bertz CT molecular complexity index is 499. The molecule has 2 bridgehead atoms. The summed E-state index contributed by atoms with van der Waals surface area (Å²) in [7, 11) is 2.16. The Hall–Kier alpha value is -0.900. The van der Waals surface area contributed by atoms with E-state index in [9.17, 15) is 5.11 Å². The SMILES string of the molecule is CN1C2COCC1CC(O)(c1ccc3c(c1)CC3)C2. The molecule has 0 radical (unpaired) electrons. The molecular formula is C16H21NO2. The van der Waals surface area contributed by atoms with E-state index in [0.717, 1.165) is 31.6 Å². The molecule has 1 aromatic carbocycles. The summed E-state index contributed by atoms with van der Waals surface area (Å²) >= 11 is 0. The molecular weight excluding hydrogens is 238 g/mol. The molecule has 2 atom stereocenters. The van der Waals surface area contributed by atoms with E-state index in [-0.39, 0.29) is 0 Å². The Morgan fingerprint density at radius 2 is 1.84 bits per heavy atom. The molecule has 3 nitrogen and oxygen atoms in total. The molecule has 2 saturated heterocycles. The van der Waals surface area contributed by atoms with Gasteiger partial charge in [0.25, 0.3) is 0 Å². The number of rotatable bonds is 1. The fourth-order valence-corrected chi connectivity index (χ4v) is 3.86. The van der Waals surface area contributed by atoms with Crippen molar-refractivity contribution in [2.45, 2.75) is 43.4 Å². The summed E-state index contributed by atoms with van der Waals surface area (Å²) in [5, 5.41) is 11.1. The van der Waals surface area contributed by atoms with Gasteiger partial charge in [-0.15, -0.1) is 0 Å². The number of ether oxygens (including phenoxy) is 1. The number of fused-ring (bicyclic) bond motifs is 3. The first-order chi connectivity index (χ1) is 9.16. The smallest absolute Gasteiger partial charge is 0.0928 e. The van der Waals surface area contributed by atoms with Crippen LogP contribution < -0.4 is 0 Å². The van der Waals surface area contributed by atoms with Gasteiger partial charge in [0.05, 0.1) is 18.8 Å². The van der Waals surface area contributed by atoms with Crippen molar-refractivity contribution in [1.82, 2.24) is 4.90 Å². The average Bonchev–Trinajstić information content (AvgIpc) is 2.33. The molecule has 2 heterocycles. The van der Waals surface area contributed by atoms with Gasteiger partial charge in [-0.3, -0.25) is 4.90 Å². The minimum atomic E-state index is -0.657. The molecule has 2 aliphatic heterocycles. The lowest BCUT2D eigenvalue weighted by atomic mass is 9.75. The fourth-order valence-electron chi connectivity index (χ4n) is 3.86. The van der Waals surface area contributed by atoms with E-state index < -0.39 is 5.60 Å². The summed E-state index contributed by atoms with van der Waals surface area (Å²) in [6.07, 6.45) is 3.96. The Labute approximate surface area is 114 Å². The highest BCUT2D eigenvalue weighted by atomic mass is 16.5. The second kappa shape index (κ2) is 4.05. The number of morpholine rings is 1. The van der Waals surface area contributed by atoms with Gasteiger partial charge in [-0.05, 0) is 49.4 Å². The zero-order valence-electron chi connectivity index (χ0n) is 11.4. The second-order valence-corrected chi connectivity index (χ2v) is 6.43. The number of aryl methyl sites for hydroxylation is 2. The highest BCUT2D eigenvalue weighted by molar-refractivity contribution is 5.41. The van der Waals surface area contributed by atoms with Crippen LogP contribution in [0.1, 0.15) is 29.5 Å². The molecule has 19 heavy (non-hydrogen) atoms. The van der Waals surface area contributed by atoms with Crippen molar-refractivity contribution in [1.29, 1.82) is 0 Å². The molecule has 0 saturated carbocycles. The highest BCUT2D eigenvalue weighted by Crippen LogP contribution is 2.41. The van der Waals surface area contributed by atoms with Crippen LogP contribution in [-0.4, -0.2) is 42.4 Å². The number of likely N-dealkylation sites (N-methyl/N-ethyl adjacent to an activating group) is 1. The third-order valence-corrected chi connectivity index (χ3v) is 5.33. The second-order valence-electron chi connectivity index (χ2n) is 6.43. The molecule has 3 aliphatic rings. The summed E-state index contributed by atoms with van der Waals surface area (Å²) in [6, 6.07) is 7.28. The molecule has 1 aliphatic carbocycles. The predicted molar refractivity (Wildman–Crippen MR) is 73.1 cm³/mol. The van der Waals surface area contributed by atoms with Crippen molar-refractivity contribution < 1.29 is 9.84 Å². The van der Waals surface area contributed by atoms with Gasteiger partial charge in [0.1, 0.15) is 0 Å². The van der Waals surface area contributed by atoms with Crippen molar-refractivity contribution in [2.24, 2.45) is 0 Å². The van der Waals surface area contributed by atoms with Gasteiger partial charge >= 0.3 is 0 Å². The molecule has 2 unspecified atom stereocenters. The third kappa shape index (κ3) is 1.76. The molecule has 1 N–H and O–H groups in total. The maximum Gasteiger partial charge on any atom is 0.0928 e. The fraction of sp³-hybridized carbons (Fsp3) is 0.625. The highest BCUT2D eigenvalue weighted by Gasteiger charge is 2.45. The van der Waals surface area contributed by atoms with Crippen LogP contribution in [0.4, 0.5) is 0 Å². The van der Waals surface area contributed by atoms with Gasteiger partial charge in [-0.25, -0.2) is 0 Å². The lowest BCUT2D eigenvalue weighted by Gasteiger charge is -2.50. The summed E-state index contributed by atoms with van der Waals surface area (Å²) in [6.45, 7) is 1.50. The molecule has 102 valence electrons. The van der Waals surface area contributed by atoms with Crippen LogP contribution >= 0.6 is 0 Å². The predicted octanol–water partition coefficient (Wildman–Crippen LogP) is 1.47. The third-order valence-electron chi connectivity index (χ3n) is 5.33. The number of aliphatic hydroxyl groups is 1. The van der Waals surface area contributed by atoms with Gasteiger partial charge in [0.15, 0.2) is 0 Å². The maximum absolute atomic E-state index is 11.1. The van der Waals surface area contributed by atoms with E-state index in [0.29, 0.717) is 12.1 Å². The monoisotopic (exact) mass is 259 g/mol. The van der Waals surface area contributed by atoms with Crippen LogP contribution in [0.15, 0.2) is 18.2 Å². The lowest BCUT2D eigenvalue weighted by Crippen LogP contribution is -2.59. The van der Waals surface area contributed by atoms with E-state index in [1.165, 1.54) is 24.0 Å². The summed E-state index contributed by atoms with van der Waals surface area (Å²) in [4.78, 5) is 2.39. The molecule has 0 aromatic heterocycles. The van der Waals surface area contributed by atoms with E-state index in [1.54, 1.807) is 0 Å². The number of nitrogens with zero attached hydrogens (tertiary/aromatic N) is 1. The van der Waals surface area contributed by atoms with Crippen molar-refractivity contribution in [2.75, 3.05) is 20.3 Å². The Kier molecular flexibility index (Phi) is 2.53. The van der Waals surface area contributed by atoms with Crippen molar-refractivity contribution in [3.05, 3.63) is 34.9 Å². The number of benzene rings is 1. The first-order valence-electron chi connectivity index (χ1n) is 7.30. The minimum Gasteiger partial charge on any atom is -0.385 e. The Balaban J connectivity index is 1.67. The van der Waals surface area contributed by atoms with E-state index in [1.807, 2.05) is 0 Å². The number of hydrogen-bond acceptors (Lipinski definition) is 3. The first kappa shape index (κ1) is 11.9. The van der Waals surface area contributed by atoms with E-state index in [2.05, 4.69) is 30.1 Å². The van der Waals surface area contributed by atoms with Crippen LogP contribution in [0.2, 0.25) is 0 Å². The van der Waals surface area contributed by atoms with Gasteiger partial charge in [0, 0.05) is 12.1 Å². The van der Waals surface area contributed by atoms with Gasteiger partial charge < -0.3 is 9.84 Å². The quantitative estimate of drug-likeness (QED) is 0.829. The van der Waals surface area contributed by atoms with Crippen LogP contribution in [-0.2, 0) is 23.2 Å². The van der Waals surface area contributed by atoms with Crippen molar-refractivity contribution in [3.63, 3.8) is 0 Å². The van der Waals surface area contributed by atoms with Crippen molar-refractivity contribution in [3.8, 4) is 0 Å². The number of hydrogen-bond donors (Lipinski definition) is 1. The largest absolute Gasteiger partial charge is 0.385 e. The van der Waals surface area contributed by atoms with Gasteiger partial charge in [-0.1, -0.05) is 18.2 Å². The topological polar surface area (TPSA) is 32.7 Å². The average molecular weight is 259 g/mol. The van der Waals surface area contributed by atoms with Crippen molar-refractivity contribution >= 4 is 0 Å². The number of piperidine rings is 1. The van der Waals surface area contributed by atoms with Gasteiger partial charge in [-0.2, -0.15) is 0 Å². The van der Waals surface area contributed by atoms with Crippen LogP contribution in [0.3, 0.4) is 0 Å². The van der Waals surface area contributed by atoms with E-state index in [4.69, 9.17) is 4.74 Å². The van der Waals surface area contributed by atoms with Gasteiger partial charge in [0.2, 0.25) is 0 Å². The summed E-state index contributed by atoms with van der Waals surface area (Å²) in [5.41, 5.74) is 3.36. The molecule has 4 rings (SSSR count). The van der Waals surface area contributed by atoms with E-state index >= 15 is 0 Å². The standard InChI is InChI=1S/C16H21NO2/c1-17-14-7-16(18,8-15(17)10-19-9-14)13-5-4-11-2-3-12(11)6-13/h4-6,14-15,18H,2-3,7-10H2,1H3. The minimum absolute atomic E-state index is 0.351. The lowest BCUT2D eigenvalue weighted by molar-refractivity contribution is -0.137. The Morgan fingerprint density at radius 3 is 2.42 bits per heavy atom. The molecule has 2 fully saturated rings. The molecule has 3 heteroatoms. The first-order valence-corrected chi connectivity index (χ1v) is 7.30. The molecule has 0 amide bonds. The van der Waals surface area contributed by atoms with Crippen LogP contribution in [0.5, 0.6) is 0 Å². The maximum atomic E-state index is 11.1. The Morgan fingerprint density at radius 1 is 1.16 bits per heavy atom. The van der Waals surface area contributed by atoms with Crippen LogP contribution in [0, 0.1) is 0 Å². The summed E-state index contributed by atoms with van der Waals surface area (Å²) in [5.74, 6) is 0. The molecule has 1 aromatic rings. The normalized spacial score (nSPS) is 37.6.